The molecule has 0 aromatic carbocycles. The molecule has 0 saturated heterocycles. The van der Waals surface area contributed by atoms with Crippen molar-refractivity contribution in [1.29, 1.82) is 0 Å². The molecule has 1 N–H and O–H groups in total. The highest BCUT2D eigenvalue weighted by Crippen LogP contribution is 2.27. The summed E-state index contributed by atoms with van der Waals surface area (Å²) in [5.74, 6) is -1.88. The molecule has 1 unspecified atom stereocenters. The summed E-state index contributed by atoms with van der Waals surface area (Å²) in [4.78, 5) is 18.7. The number of hydrogen-bond donors (Lipinski definition) is 1. The highest BCUT2D eigenvalue weighted by atomic mass is 19.4. The van der Waals surface area contributed by atoms with Gasteiger partial charge in [-0.05, 0) is 6.92 Å². The molecule has 2 rings (SSSR count). The summed E-state index contributed by atoms with van der Waals surface area (Å²) in [5.41, 5.74) is 0. The van der Waals surface area contributed by atoms with Crippen molar-refractivity contribution in [3.63, 3.8) is 0 Å². The Hall–Kier alpha value is -2.46. The predicted octanol–water partition coefficient (Wildman–Crippen LogP) is 0.600. The summed E-state index contributed by atoms with van der Waals surface area (Å²) in [6.45, 7) is 1.69. The smallest absolute Gasteiger partial charge is 0.354 e. The Kier molecular flexibility index (Phi) is 4.19. The zero-order chi connectivity index (χ0) is 15.5. The first-order valence-corrected chi connectivity index (χ1v) is 5.89. The Morgan fingerprint density at radius 1 is 1.52 bits per heavy atom. The van der Waals surface area contributed by atoms with Crippen LogP contribution in [0.15, 0.2) is 17.2 Å². The van der Waals surface area contributed by atoms with Gasteiger partial charge in [0, 0.05) is 13.0 Å². The van der Waals surface area contributed by atoms with Crippen molar-refractivity contribution < 1.29 is 22.5 Å². The fraction of sp³-hybridized carbons (Fsp3) is 0.500. The van der Waals surface area contributed by atoms with Gasteiger partial charge in [-0.3, -0.25) is 4.79 Å². The second-order valence-electron chi connectivity index (χ2n) is 4.11. The fourth-order valence-corrected chi connectivity index (χ4v) is 1.45. The van der Waals surface area contributed by atoms with Crippen molar-refractivity contribution in [2.45, 2.75) is 25.6 Å². The molecule has 1 amide bonds. The lowest BCUT2D eigenvalue weighted by molar-refractivity contribution is -0.159. The van der Waals surface area contributed by atoms with Crippen LogP contribution < -0.4 is 5.32 Å². The molecule has 0 aliphatic heterocycles. The summed E-state index contributed by atoms with van der Waals surface area (Å²) in [6.07, 6.45) is -1.97. The average molecular weight is 304 g/mol. The van der Waals surface area contributed by atoms with Crippen LogP contribution in [0.2, 0.25) is 0 Å². The number of amides is 1. The van der Waals surface area contributed by atoms with Crippen LogP contribution in [0.25, 0.3) is 0 Å². The van der Waals surface area contributed by atoms with E-state index < -0.39 is 18.1 Å². The van der Waals surface area contributed by atoms with Gasteiger partial charge in [0.15, 0.2) is 5.82 Å². The van der Waals surface area contributed by atoms with Crippen LogP contribution in [-0.4, -0.2) is 37.4 Å². The standard InChI is InChI=1S/C10H11F3N6O2/c1-6(19-5-14-4-16-19)8(20)15-3-2-7-17-9(21-18-7)10(11,12)13/h4-6H,2-3H2,1H3,(H,15,20). The highest BCUT2D eigenvalue weighted by molar-refractivity contribution is 5.79. The number of nitrogens with zero attached hydrogens (tertiary/aromatic N) is 5. The van der Waals surface area contributed by atoms with Crippen LogP contribution in [0.4, 0.5) is 13.2 Å². The lowest BCUT2D eigenvalue weighted by Gasteiger charge is -2.11. The molecule has 114 valence electrons. The maximum absolute atomic E-state index is 12.2. The minimum absolute atomic E-state index is 0.0232. The third-order valence-electron chi connectivity index (χ3n) is 2.57. The third kappa shape index (κ3) is 3.77. The van der Waals surface area contributed by atoms with Crippen LogP contribution >= 0.6 is 0 Å². The zero-order valence-electron chi connectivity index (χ0n) is 10.8. The number of hydrogen-bond acceptors (Lipinski definition) is 6. The third-order valence-corrected chi connectivity index (χ3v) is 2.57. The van der Waals surface area contributed by atoms with E-state index in [1.165, 1.54) is 17.3 Å². The van der Waals surface area contributed by atoms with Gasteiger partial charge >= 0.3 is 12.1 Å². The van der Waals surface area contributed by atoms with E-state index in [1.54, 1.807) is 6.92 Å². The number of rotatable bonds is 5. The lowest BCUT2D eigenvalue weighted by Crippen LogP contribution is -2.32. The molecule has 2 aromatic rings. The Morgan fingerprint density at radius 3 is 2.86 bits per heavy atom. The van der Waals surface area contributed by atoms with Crippen LogP contribution in [0.5, 0.6) is 0 Å². The number of carbonyl (C=O) groups excluding carboxylic acids is 1. The van der Waals surface area contributed by atoms with E-state index >= 15 is 0 Å². The Bertz CT molecular complexity index is 594. The van der Waals surface area contributed by atoms with Gasteiger partial charge in [-0.25, -0.2) is 9.67 Å². The second-order valence-corrected chi connectivity index (χ2v) is 4.11. The van der Waals surface area contributed by atoms with Crippen molar-refractivity contribution in [3.8, 4) is 0 Å². The number of alkyl halides is 3. The van der Waals surface area contributed by atoms with Gasteiger partial charge in [0.2, 0.25) is 5.91 Å². The number of carbonyl (C=O) groups is 1. The van der Waals surface area contributed by atoms with Gasteiger partial charge in [-0.1, -0.05) is 5.16 Å². The van der Waals surface area contributed by atoms with E-state index in [4.69, 9.17) is 0 Å². The first kappa shape index (κ1) is 14.9. The monoisotopic (exact) mass is 304 g/mol. The molecule has 0 spiro atoms. The van der Waals surface area contributed by atoms with Crippen LogP contribution in [0.3, 0.4) is 0 Å². The highest BCUT2D eigenvalue weighted by Gasteiger charge is 2.38. The summed E-state index contributed by atoms with van der Waals surface area (Å²) in [6, 6.07) is -0.580. The average Bonchev–Trinajstić information content (AvgIpc) is 3.08. The zero-order valence-corrected chi connectivity index (χ0v) is 10.8. The number of aromatic nitrogens is 5. The first-order valence-electron chi connectivity index (χ1n) is 5.89. The van der Waals surface area contributed by atoms with Crippen molar-refractivity contribution in [2.24, 2.45) is 0 Å². The normalized spacial score (nSPS) is 13.1. The number of nitrogens with one attached hydrogen (secondary N) is 1. The lowest BCUT2D eigenvalue weighted by atomic mass is 10.3. The van der Waals surface area contributed by atoms with E-state index in [9.17, 15) is 18.0 Å². The van der Waals surface area contributed by atoms with E-state index in [0.717, 1.165) is 0 Å². The molecule has 0 aliphatic rings. The van der Waals surface area contributed by atoms with Crippen LogP contribution in [-0.2, 0) is 17.4 Å². The summed E-state index contributed by atoms with van der Waals surface area (Å²) >= 11 is 0. The second kappa shape index (κ2) is 5.89. The van der Waals surface area contributed by atoms with Crippen LogP contribution in [0, 0.1) is 0 Å². The van der Waals surface area contributed by atoms with Gasteiger partial charge in [-0.2, -0.15) is 23.3 Å². The molecule has 8 nitrogen and oxygen atoms in total. The quantitative estimate of drug-likeness (QED) is 0.868. The Balaban J connectivity index is 1.82. The minimum atomic E-state index is -4.67. The van der Waals surface area contributed by atoms with E-state index in [-0.39, 0.29) is 24.7 Å². The Morgan fingerprint density at radius 2 is 2.29 bits per heavy atom. The van der Waals surface area contributed by atoms with Gasteiger partial charge in [-0.15, -0.1) is 0 Å². The maximum Gasteiger partial charge on any atom is 0.471 e. The molecular weight excluding hydrogens is 293 g/mol. The van der Waals surface area contributed by atoms with Gasteiger partial charge in [0.1, 0.15) is 18.7 Å². The SMILES string of the molecule is CC(C(=O)NCCc1noc(C(F)(F)F)n1)n1cncn1. The molecular formula is C10H11F3N6O2. The van der Waals surface area contributed by atoms with E-state index in [2.05, 4.69) is 30.1 Å². The topological polar surface area (TPSA) is 98.7 Å². The molecule has 2 aromatic heterocycles. The molecule has 0 fully saturated rings. The van der Waals surface area contributed by atoms with Gasteiger partial charge < -0.3 is 9.84 Å². The largest absolute Gasteiger partial charge is 0.471 e. The van der Waals surface area contributed by atoms with Crippen molar-refractivity contribution in [3.05, 3.63) is 24.4 Å². The molecule has 0 radical (unpaired) electrons. The molecule has 0 aliphatic carbocycles. The van der Waals surface area contributed by atoms with Crippen molar-refractivity contribution in [2.75, 3.05) is 6.54 Å². The molecule has 21 heavy (non-hydrogen) atoms. The summed E-state index contributed by atoms with van der Waals surface area (Å²) in [5, 5.41) is 9.54. The van der Waals surface area contributed by atoms with E-state index in [1.807, 2.05) is 0 Å². The first-order chi connectivity index (χ1) is 9.88. The molecule has 11 heteroatoms. The van der Waals surface area contributed by atoms with Gasteiger partial charge in [0.25, 0.3) is 0 Å². The van der Waals surface area contributed by atoms with Crippen LogP contribution in [0.1, 0.15) is 24.7 Å². The van der Waals surface area contributed by atoms with E-state index in [0.29, 0.717) is 0 Å². The molecule has 1 atom stereocenters. The molecule has 2 heterocycles. The summed E-state index contributed by atoms with van der Waals surface area (Å²) < 4.78 is 42.1. The maximum atomic E-state index is 12.2. The van der Waals surface area contributed by atoms with Crippen molar-refractivity contribution in [1.82, 2.24) is 30.2 Å². The van der Waals surface area contributed by atoms with Gasteiger partial charge in [0.05, 0.1) is 0 Å². The molecule has 0 saturated carbocycles. The number of halogens is 3. The fourth-order valence-electron chi connectivity index (χ4n) is 1.45. The minimum Gasteiger partial charge on any atom is -0.354 e. The Labute approximate surface area is 116 Å². The predicted molar refractivity (Wildman–Crippen MR) is 60.7 cm³/mol. The van der Waals surface area contributed by atoms with Crippen molar-refractivity contribution >= 4 is 5.91 Å². The summed E-state index contributed by atoms with van der Waals surface area (Å²) in [7, 11) is 0. The molecule has 0 bridgehead atoms.